The number of aryl methyl sites for hydroxylation is 2. The molecule has 0 atom stereocenters. The molecule has 4 rings (SSSR count). The first kappa shape index (κ1) is 12.2. The monoisotopic (exact) mass is 272 g/mol. The van der Waals surface area contributed by atoms with Crippen molar-refractivity contribution in [2.24, 2.45) is 0 Å². The number of rotatable bonds is 1. The van der Waals surface area contributed by atoms with Crippen LogP contribution in [0.15, 0.2) is 65.1 Å². The normalized spacial score (nSPS) is 11.3. The van der Waals surface area contributed by atoms with Crippen molar-refractivity contribution in [3.05, 3.63) is 72.0 Å². The van der Waals surface area contributed by atoms with E-state index in [0.717, 1.165) is 11.3 Å². The van der Waals surface area contributed by atoms with Crippen LogP contribution in [-0.2, 0) is 0 Å². The summed E-state index contributed by atoms with van der Waals surface area (Å²) in [5.74, 6) is 0.982. The van der Waals surface area contributed by atoms with Crippen LogP contribution in [0.1, 0.15) is 11.3 Å². The van der Waals surface area contributed by atoms with Crippen LogP contribution in [0.2, 0.25) is 0 Å². The van der Waals surface area contributed by atoms with Crippen LogP contribution in [0.4, 0.5) is 0 Å². The Hall–Kier alpha value is -2.54. The van der Waals surface area contributed by atoms with Crippen molar-refractivity contribution < 1.29 is 4.42 Å². The predicted octanol–water partition coefficient (Wildman–Crippen LogP) is 5.87. The Morgan fingerprint density at radius 1 is 0.762 bits per heavy atom. The van der Waals surface area contributed by atoms with E-state index in [1.165, 1.54) is 32.8 Å². The van der Waals surface area contributed by atoms with Crippen molar-refractivity contribution in [1.29, 1.82) is 0 Å². The predicted molar refractivity (Wildman–Crippen MR) is 88.6 cm³/mol. The maximum absolute atomic E-state index is 6.02. The SMILES string of the molecule is Cc1ccccc1-c1c(C)oc2ccc3ccccc3c12. The summed E-state index contributed by atoms with van der Waals surface area (Å²) in [7, 11) is 0. The van der Waals surface area contributed by atoms with Gasteiger partial charge >= 0.3 is 0 Å². The zero-order valence-electron chi connectivity index (χ0n) is 12.2. The van der Waals surface area contributed by atoms with Gasteiger partial charge in [0, 0.05) is 10.9 Å². The van der Waals surface area contributed by atoms with Gasteiger partial charge in [0.2, 0.25) is 0 Å². The third-order valence-electron chi connectivity index (χ3n) is 4.17. The van der Waals surface area contributed by atoms with Crippen LogP contribution in [0, 0.1) is 13.8 Å². The van der Waals surface area contributed by atoms with Gasteiger partial charge in [-0.1, -0.05) is 54.6 Å². The second-order valence-corrected chi connectivity index (χ2v) is 5.51. The fourth-order valence-corrected chi connectivity index (χ4v) is 3.16. The van der Waals surface area contributed by atoms with Gasteiger partial charge < -0.3 is 4.42 Å². The molecule has 21 heavy (non-hydrogen) atoms. The Balaban J connectivity index is 2.21. The van der Waals surface area contributed by atoms with E-state index in [1.54, 1.807) is 0 Å². The molecule has 0 saturated carbocycles. The summed E-state index contributed by atoms with van der Waals surface area (Å²) in [5.41, 5.74) is 4.71. The number of fused-ring (bicyclic) bond motifs is 3. The molecule has 0 aliphatic carbocycles. The number of hydrogen-bond donors (Lipinski definition) is 0. The van der Waals surface area contributed by atoms with E-state index in [4.69, 9.17) is 4.42 Å². The molecular formula is C20H16O. The highest BCUT2D eigenvalue weighted by atomic mass is 16.3. The molecule has 0 aliphatic rings. The van der Waals surface area contributed by atoms with Crippen LogP contribution in [0.5, 0.6) is 0 Å². The van der Waals surface area contributed by atoms with Gasteiger partial charge in [0.1, 0.15) is 11.3 Å². The molecule has 1 heteroatoms. The number of benzene rings is 3. The van der Waals surface area contributed by atoms with Gasteiger partial charge in [-0.15, -0.1) is 0 Å². The third kappa shape index (κ3) is 1.78. The third-order valence-corrected chi connectivity index (χ3v) is 4.17. The quantitative estimate of drug-likeness (QED) is 0.422. The lowest BCUT2D eigenvalue weighted by Crippen LogP contribution is -1.84. The Bertz CT molecular complexity index is 960. The van der Waals surface area contributed by atoms with E-state index in [-0.39, 0.29) is 0 Å². The van der Waals surface area contributed by atoms with Crippen LogP contribution in [0.25, 0.3) is 32.9 Å². The Morgan fingerprint density at radius 3 is 2.38 bits per heavy atom. The Labute approximate surface area is 123 Å². The van der Waals surface area contributed by atoms with Crippen LogP contribution in [-0.4, -0.2) is 0 Å². The molecule has 3 aromatic carbocycles. The zero-order chi connectivity index (χ0) is 14.4. The topological polar surface area (TPSA) is 13.1 Å². The van der Waals surface area contributed by atoms with Crippen LogP contribution < -0.4 is 0 Å². The highest BCUT2D eigenvalue weighted by molar-refractivity contribution is 6.13. The minimum absolute atomic E-state index is 0.962. The van der Waals surface area contributed by atoms with Crippen molar-refractivity contribution in [2.75, 3.05) is 0 Å². The molecule has 102 valence electrons. The fourth-order valence-electron chi connectivity index (χ4n) is 3.16. The summed E-state index contributed by atoms with van der Waals surface area (Å²) in [6, 6.07) is 21.2. The van der Waals surface area contributed by atoms with Crippen LogP contribution in [0.3, 0.4) is 0 Å². The summed E-state index contributed by atoms with van der Waals surface area (Å²) in [5, 5.41) is 3.73. The molecule has 0 saturated heterocycles. The molecule has 0 fully saturated rings. The fraction of sp³-hybridized carbons (Fsp3) is 0.100. The maximum atomic E-state index is 6.02. The van der Waals surface area contributed by atoms with Gasteiger partial charge in [0.05, 0.1) is 0 Å². The molecule has 1 aromatic heterocycles. The smallest absolute Gasteiger partial charge is 0.135 e. The van der Waals surface area contributed by atoms with Gasteiger partial charge in [-0.3, -0.25) is 0 Å². The van der Waals surface area contributed by atoms with E-state index in [2.05, 4.69) is 74.5 Å². The number of hydrogen-bond acceptors (Lipinski definition) is 1. The molecule has 0 spiro atoms. The number of furan rings is 1. The van der Waals surface area contributed by atoms with Crippen molar-refractivity contribution >= 4 is 21.7 Å². The molecular weight excluding hydrogens is 256 g/mol. The Morgan fingerprint density at radius 2 is 1.52 bits per heavy atom. The van der Waals surface area contributed by atoms with E-state index in [1.807, 2.05) is 0 Å². The van der Waals surface area contributed by atoms with E-state index >= 15 is 0 Å². The average molecular weight is 272 g/mol. The molecule has 0 radical (unpaired) electrons. The molecule has 1 nitrogen and oxygen atoms in total. The highest BCUT2D eigenvalue weighted by Gasteiger charge is 2.16. The van der Waals surface area contributed by atoms with E-state index < -0.39 is 0 Å². The first-order valence-electron chi connectivity index (χ1n) is 7.22. The lowest BCUT2D eigenvalue weighted by Gasteiger charge is -2.06. The first-order chi connectivity index (χ1) is 10.3. The van der Waals surface area contributed by atoms with Gasteiger partial charge in [-0.05, 0) is 41.8 Å². The molecule has 0 amide bonds. The molecule has 0 aliphatic heterocycles. The zero-order valence-corrected chi connectivity index (χ0v) is 12.2. The summed E-state index contributed by atoms with van der Waals surface area (Å²) in [6.07, 6.45) is 0. The van der Waals surface area contributed by atoms with Crippen molar-refractivity contribution in [1.82, 2.24) is 0 Å². The summed E-state index contributed by atoms with van der Waals surface area (Å²) < 4.78 is 6.02. The van der Waals surface area contributed by atoms with Crippen molar-refractivity contribution in [3.63, 3.8) is 0 Å². The largest absolute Gasteiger partial charge is 0.461 e. The van der Waals surface area contributed by atoms with Gasteiger partial charge in [-0.25, -0.2) is 0 Å². The Kier molecular flexibility index (Phi) is 2.61. The molecule has 4 aromatic rings. The minimum Gasteiger partial charge on any atom is -0.461 e. The van der Waals surface area contributed by atoms with Crippen molar-refractivity contribution in [3.8, 4) is 11.1 Å². The van der Waals surface area contributed by atoms with E-state index in [9.17, 15) is 0 Å². The summed E-state index contributed by atoms with van der Waals surface area (Å²) in [6.45, 7) is 4.20. The summed E-state index contributed by atoms with van der Waals surface area (Å²) in [4.78, 5) is 0. The maximum Gasteiger partial charge on any atom is 0.135 e. The molecule has 0 bridgehead atoms. The second-order valence-electron chi connectivity index (χ2n) is 5.51. The molecule has 0 unspecified atom stereocenters. The molecule has 1 heterocycles. The van der Waals surface area contributed by atoms with Gasteiger partial charge in [0.25, 0.3) is 0 Å². The van der Waals surface area contributed by atoms with E-state index in [0.29, 0.717) is 0 Å². The van der Waals surface area contributed by atoms with Gasteiger partial charge in [-0.2, -0.15) is 0 Å². The summed E-state index contributed by atoms with van der Waals surface area (Å²) >= 11 is 0. The first-order valence-corrected chi connectivity index (χ1v) is 7.22. The lowest BCUT2D eigenvalue weighted by atomic mass is 9.95. The average Bonchev–Trinajstić information content (AvgIpc) is 2.84. The molecule has 0 N–H and O–H groups in total. The minimum atomic E-state index is 0.962. The lowest BCUT2D eigenvalue weighted by molar-refractivity contribution is 0.580. The highest BCUT2D eigenvalue weighted by Crippen LogP contribution is 2.39. The van der Waals surface area contributed by atoms with Crippen LogP contribution >= 0.6 is 0 Å². The standard InChI is InChI=1S/C20H16O/c1-13-7-3-5-9-16(13)19-14(2)21-18-12-11-15-8-4-6-10-17(15)20(18)19/h3-12H,1-2H3. The van der Waals surface area contributed by atoms with Gasteiger partial charge in [0.15, 0.2) is 0 Å². The van der Waals surface area contributed by atoms with Crippen molar-refractivity contribution in [2.45, 2.75) is 13.8 Å². The second kappa shape index (κ2) is 4.49.